The van der Waals surface area contributed by atoms with Crippen LogP contribution in [0.4, 0.5) is 4.39 Å². The van der Waals surface area contributed by atoms with Crippen LogP contribution in [0.5, 0.6) is 0 Å². The van der Waals surface area contributed by atoms with Crippen molar-refractivity contribution in [2.24, 2.45) is 0 Å². The van der Waals surface area contributed by atoms with Gasteiger partial charge >= 0.3 is 0 Å². The van der Waals surface area contributed by atoms with Crippen LogP contribution in [0.1, 0.15) is 44.1 Å². The smallest absolute Gasteiger partial charge is 0.239 e. The Morgan fingerprint density at radius 2 is 1.73 bits per heavy atom. The Kier molecular flexibility index (Phi) is 10.9. The molecule has 2 amide bonds. The lowest BCUT2D eigenvalue weighted by Gasteiger charge is -2.16. The van der Waals surface area contributed by atoms with Crippen molar-refractivity contribution in [1.29, 1.82) is 0 Å². The summed E-state index contributed by atoms with van der Waals surface area (Å²) in [4.78, 5) is 23.5. The van der Waals surface area contributed by atoms with Crippen molar-refractivity contribution in [3.63, 3.8) is 0 Å². The molecule has 0 unspecified atom stereocenters. The molecule has 0 heterocycles. The molecule has 1 aromatic rings. The Hall–Kier alpha value is -1.66. The van der Waals surface area contributed by atoms with E-state index in [1.165, 1.54) is 50.7 Å². The second kappa shape index (κ2) is 12.7. The molecule has 1 aliphatic carbocycles. The first-order valence-electron chi connectivity index (χ1n) is 9.15. The summed E-state index contributed by atoms with van der Waals surface area (Å²) < 4.78 is 13.1. The molecule has 0 aliphatic heterocycles. The molecule has 1 aliphatic rings. The van der Waals surface area contributed by atoms with Gasteiger partial charge in [-0.2, -0.15) is 0 Å². The third-order valence-electron chi connectivity index (χ3n) is 4.44. The van der Waals surface area contributed by atoms with Crippen molar-refractivity contribution in [1.82, 2.24) is 16.0 Å². The highest BCUT2D eigenvalue weighted by atomic mass is 35.5. The Bertz CT molecular complexity index is 563. The molecule has 3 N–H and O–H groups in total. The molecule has 2 rings (SSSR count). The molecule has 0 saturated heterocycles. The summed E-state index contributed by atoms with van der Waals surface area (Å²) in [6.07, 6.45) is 7.69. The zero-order valence-electron chi connectivity index (χ0n) is 15.1. The van der Waals surface area contributed by atoms with Crippen LogP contribution in [0.2, 0.25) is 0 Å². The van der Waals surface area contributed by atoms with Gasteiger partial charge in [-0.3, -0.25) is 9.59 Å². The lowest BCUT2D eigenvalue weighted by Crippen LogP contribution is -2.41. The number of hydrogen-bond acceptors (Lipinski definition) is 3. The molecular weight excluding hydrogens is 357 g/mol. The molecule has 26 heavy (non-hydrogen) atoms. The minimum absolute atomic E-state index is 0. The fraction of sp³-hybridized carbons (Fsp3) is 0.579. The summed E-state index contributed by atoms with van der Waals surface area (Å²) in [5, 5.41) is 8.83. The molecule has 0 bridgehead atoms. The van der Waals surface area contributed by atoms with E-state index in [4.69, 9.17) is 0 Å². The van der Waals surface area contributed by atoms with Crippen molar-refractivity contribution in [2.75, 3.05) is 19.6 Å². The number of hydrogen-bond donors (Lipinski definition) is 3. The molecule has 0 atom stereocenters. The van der Waals surface area contributed by atoms with Crippen LogP contribution < -0.4 is 16.0 Å². The molecular formula is C19H29ClFN3O2. The molecule has 0 aromatic heterocycles. The van der Waals surface area contributed by atoms with Crippen LogP contribution in [-0.4, -0.2) is 37.5 Å². The zero-order valence-corrected chi connectivity index (χ0v) is 15.9. The fourth-order valence-corrected chi connectivity index (χ4v) is 3.10. The predicted molar refractivity (Wildman–Crippen MR) is 103 cm³/mol. The van der Waals surface area contributed by atoms with Gasteiger partial charge in [0.05, 0.1) is 13.0 Å². The first kappa shape index (κ1) is 22.4. The number of carbonyl (C=O) groups is 2. The van der Waals surface area contributed by atoms with Gasteiger partial charge in [0.1, 0.15) is 5.82 Å². The minimum atomic E-state index is -0.371. The van der Waals surface area contributed by atoms with E-state index < -0.39 is 0 Å². The fourth-order valence-electron chi connectivity index (χ4n) is 3.10. The van der Waals surface area contributed by atoms with Gasteiger partial charge in [-0.15, -0.1) is 12.4 Å². The van der Waals surface area contributed by atoms with E-state index in [1.807, 2.05) is 0 Å². The van der Waals surface area contributed by atoms with E-state index in [9.17, 15) is 14.0 Å². The first-order valence-corrected chi connectivity index (χ1v) is 9.15. The number of benzene rings is 1. The summed E-state index contributed by atoms with van der Waals surface area (Å²) in [5.74, 6) is -0.878. The average Bonchev–Trinajstić information content (AvgIpc) is 2.86. The number of halogens is 2. The maximum Gasteiger partial charge on any atom is 0.239 e. The highest BCUT2D eigenvalue weighted by molar-refractivity contribution is 5.86. The number of rotatable bonds is 8. The number of nitrogens with one attached hydrogen (secondary N) is 3. The Morgan fingerprint density at radius 3 is 2.42 bits per heavy atom. The van der Waals surface area contributed by atoms with Gasteiger partial charge < -0.3 is 16.0 Å². The van der Waals surface area contributed by atoms with Gasteiger partial charge in [0.25, 0.3) is 0 Å². The lowest BCUT2D eigenvalue weighted by atomic mass is 10.1. The van der Waals surface area contributed by atoms with Crippen molar-refractivity contribution >= 4 is 24.2 Å². The second-order valence-corrected chi connectivity index (χ2v) is 6.58. The average molecular weight is 386 g/mol. The second-order valence-electron chi connectivity index (χ2n) is 6.58. The Balaban J connectivity index is 0.00000338. The van der Waals surface area contributed by atoms with Crippen molar-refractivity contribution in [2.45, 2.75) is 51.0 Å². The third-order valence-corrected chi connectivity index (χ3v) is 4.44. The van der Waals surface area contributed by atoms with Gasteiger partial charge in [0.15, 0.2) is 0 Å². The normalized spacial score (nSPS) is 14.8. The van der Waals surface area contributed by atoms with Crippen LogP contribution in [0.15, 0.2) is 24.3 Å². The van der Waals surface area contributed by atoms with Gasteiger partial charge in [-0.1, -0.05) is 37.8 Å². The Labute approximate surface area is 160 Å². The first-order chi connectivity index (χ1) is 12.1. The number of carbonyl (C=O) groups excluding carboxylic acids is 2. The molecule has 0 radical (unpaired) electrons. The van der Waals surface area contributed by atoms with Crippen LogP contribution in [0.3, 0.4) is 0 Å². The van der Waals surface area contributed by atoms with Crippen LogP contribution >= 0.6 is 12.4 Å². The Morgan fingerprint density at radius 1 is 1.00 bits per heavy atom. The third kappa shape index (κ3) is 9.15. The molecule has 1 saturated carbocycles. The van der Waals surface area contributed by atoms with E-state index in [0.717, 1.165) is 6.54 Å². The van der Waals surface area contributed by atoms with Crippen molar-refractivity contribution < 1.29 is 14.0 Å². The van der Waals surface area contributed by atoms with E-state index >= 15 is 0 Å². The van der Waals surface area contributed by atoms with Crippen LogP contribution in [0, 0.1) is 5.82 Å². The monoisotopic (exact) mass is 385 g/mol. The number of amides is 2. The molecule has 1 fully saturated rings. The van der Waals surface area contributed by atoms with Gasteiger partial charge in [0, 0.05) is 19.1 Å². The summed E-state index contributed by atoms with van der Waals surface area (Å²) in [6.45, 7) is 1.24. The maximum atomic E-state index is 13.1. The predicted octanol–water partition coefficient (Wildman–Crippen LogP) is 2.33. The molecule has 0 spiro atoms. The quantitative estimate of drug-likeness (QED) is 0.475. The summed E-state index contributed by atoms with van der Waals surface area (Å²) in [7, 11) is 0. The van der Waals surface area contributed by atoms with Crippen LogP contribution in [-0.2, 0) is 16.0 Å². The van der Waals surface area contributed by atoms with Crippen molar-refractivity contribution in [3.8, 4) is 0 Å². The molecule has 7 heteroatoms. The summed E-state index contributed by atoms with van der Waals surface area (Å²) >= 11 is 0. The molecule has 5 nitrogen and oxygen atoms in total. The largest absolute Gasteiger partial charge is 0.353 e. The maximum absolute atomic E-state index is 13.1. The van der Waals surface area contributed by atoms with Gasteiger partial charge in [-0.05, 0) is 30.5 Å². The summed E-state index contributed by atoms with van der Waals surface area (Å²) in [5.41, 5.74) is 0.588. The van der Waals surface area contributed by atoms with E-state index in [2.05, 4.69) is 16.0 Å². The SMILES string of the molecule is Cl.O=C(CNC(=O)Cc1cccc(F)c1)NCCNC1CCCCCC1. The van der Waals surface area contributed by atoms with Crippen LogP contribution in [0.25, 0.3) is 0 Å². The lowest BCUT2D eigenvalue weighted by molar-refractivity contribution is -0.125. The van der Waals surface area contributed by atoms with Gasteiger partial charge in [0.2, 0.25) is 11.8 Å². The van der Waals surface area contributed by atoms with E-state index in [0.29, 0.717) is 18.2 Å². The summed E-state index contributed by atoms with van der Waals surface area (Å²) in [6, 6.07) is 6.45. The molecule has 1 aromatic carbocycles. The van der Waals surface area contributed by atoms with Gasteiger partial charge in [-0.25, -0.2) is 4.39 Å². The van der Waals surface area contributed by atoms with E-state index in [-0.39, 0.29) is 43.0 Å². The van der Waals surface area contributed by atoms with E-state index in [1.54, 1.807) is 12.1 Å². The highest BCUT2D eigenvalue weighted by Gasteiger charge is 2.11. The van der Waals surface area contributed by atoms with Crippen molar-refractivity contribution in [3.05, 3.63) is 35.6 Å². The minimum Gasteiger partial charge on any atom is -0.353 e. The zero-order chi connectivity index (χ0) is 17.9. The topological polar surface area (TPSA) is 70.2 Å². The standard InChI is InChI=1S/C19H28FN3O2.ClH/c20-16-7-5-6-15(12-16)13-18(24)23-14-19(25)22-11-10-21-17-8-3-1-2-4-9-17;/h5-7,12,17,21H,1-4,8-11,13-14H2,(H,22,25)(H,23,24);1H. The molecule has 146 valence electrons. The highest BCUT2D eigenvalue weighted by Crippen LogP contribution is 2.16.